The van der Waals surface area contributed by atoms with E-state index in [4.69, 9.17) is 5.73 Å². The number of aromatic nitrogens is 2. The van der Waals surface area contributed by atoms with Crippen molar-refractivity contribution < 1.29 is 0 Å². The molecule has 0 aromatic carbocycles. The van der Waals surface area contributed by atoms with E-state index in [1.807, 2.05) is 10.9 Å². The first-order chi connectivity index (χ1) is 8.63. The fourth-order valence-corrected chi connectivity index (χ4v) is 2.15. The van der Waals surface area contributed by atoms with Crippen LogP contribution < -0.4 is 5.73 Å². The number of nitrogens with two attached hydrogens (primary N) is 1. The van der Waals surface area contributed by atoms with E-state index in [-0.39, 0.29) is 6.04 Å². The van der Waals surface area contributed by atoms with Gasteiger partial charge in [-0.2, -0.15) is 5.10 Å². The van der Waals surface area contributed by atoms with Gasteiger partial charge >= 0.3 is 0 Å². The first-order valence-corrected chi connectivity index (χ1v) is 7.43. The molecule has 1 aromatic rings. The van der Waals surface area contributed by atoms with E-state index >= 15 is 0 Å². The second-order valence-corrected chi connectivity index (χ2v) is 5.55. The summed E-state index contributed by atoms with van der Waals surface area (Å²) in [5.74, 6) is 0. The SMILES string of the molecule is CCCCCCCC(N)Cc1ccn(C(C)C)n1. The molecular weight excluding hydrogens is 222 g/mol. The molecule has 0 fully saturated rings. The number of nitrogens with zero attached hydrogens (tertiary/aromatic N) is 2. The standard InChI is InChI=1S/C15H29N3/c1-4-5-6-7-8-9-14(16)12-15-10-11-18(17-15)13(2)3/h10-11,13-14H,4-9,12,16H2,1-3H3. The molecule has 2 N–H and O–H groups in total. The quantitative estimate of drug-likeness (QED) is 0.680. The third kappa shape index (κ3) is 5.67. The average molecular weight is 251 g/mol. The van der Waals surface area contributed by atoms with Crippen molar-refractivity contribution in [1.29, 1.82) is 0 Å². The Bertz CT molecular complexity index is 317. The topological polar surface area (TPSA) is 43.8 Å². The summed E-state index contributed by atoms with van der Waals surface area (Å²) in [5, 5.41) is 4.54. The molecule has 18 heavy (non-hydrogen) atoms. The van der Waals surface area contributed by atoms with Crippen LogP contribution in [0.2, 0.25) is 0 Å². The Kier molecular flexibility index (Phi) is 7.02. The van der Waals surface area contributed by atoms with Crippen LogP contribution in [0.4, 0.5) is 0 Å². The molecule has 0 aliphatic rings. The van der Waals surface area contributed by atoms with Crippen LogP contribution in [-0.2, 0) is 6.42 Å². The number of hydrogen-bond donors (Lipinski definition) is 1. The zero-order chi connectivity index (χ0) is 13.4. The summed E-state index contributed by atoms with van der Waals surface area (Å²) in [5.41, 5.74) is 7.29. The summed E-state index contributed by atoms with van der Waals surface area (Å²) in [4.78, 5) is 0. The van der Waals surface area contributed by atoms with E-state index < -0.39 is 0 Å². The molecular formula is C15H29N3. The van der Waals surface area contributed by atoms with Crippen molar-refractivity contribution in [2.24, 2.45) is 5.73 Å². The largest absolute Gasteiger partial charge is 0.327 e. The van der Waals surface area contributed by atoms with Crippen molar-refractivity contribution in [2.75, 3.05) is 0 Å². The van der Waals surface area contributed by atoms with Gasteiger partial charge in [0.15, 0.2) is 0 Å². The van der Waals surface area contributed by atoms with Gasteiger partial charge in [-0.3, -0.25) is 4.68 Å². The molecule has 0 saturated carbocycles. The normalized spacial score (nSPS) is 13.2. The van der Waals surface area contributed by atoms with E-state index in [2.05, 4.69) is 31.9 Å². The van der Waals surface area contributed by atoms with Crippen LogP contribution in [0.5, 0.6) is 0 Å². The molecule has 0 spiro atoms. The Balaban J connectivity index is 2.20. The smallest absolute Gasteiger partial charge is 0.0640 e. The molecule has 0 amide bonds. The highest BCUT2D eigenvalue weighted by Gasteiger charge is 2.07. The van der Waals surface area contributed by atoms with E-state index in [1.165, 1.54) is 32.1 Å². The van der Waals surface area contributed by atoms with Crippen LogP contribution in [0.1, 0.15) is 71.0 Å². The molecule has 104 valence electrons. The van der Waals surface area contributed by atoms with Crippen molar-refractivity contribution in [3.05, 3.63) is 18.0 Å². The van der Waals surface area contributed by atoms with Gasteiger partial charge in [0.25, 0.3) is 0 Å². The average Bonchev–Trinajstić information content (AvgIpc) is 2.77. The van der Waals surface area contributed by atoms with E-state index in [0.717, 1.165) is 18.5 Å². The fourth-order valence-electron chi connectivity index (χ4n) is 2.15. The van der Waals surface area contributed by atoms with E-state index in [0.29, 0.717) is 6.04 Å². The third-order valence-corrected chi connectivity index (χ3v) is 3.34. The Morgan fingerprint density at radius 2 is 1.94 bits per heavy atom. The summed E-state index contributed by atoms with van der Waals surface area (Å²) >= 11 is 0. The monoisotopic (exact) mass is 251 g/mol. The molecule has 3 heteroatoms. The van der Waals surface area contributed by atoms with Crippen molar-refractivity contribution in [3.8, 4) is 0 Å². The van der Waals surface area contributed by atoms with Crippen LogP contribution >= 0.6 is 0 Å². The zero-order valence-corrected chi connectivity index (χ0v) is 12.2. The molecule has 1 atom stereocenters. The zero-order valence-electron chi connectivity index (χ0n) is 12.2. The molecule has 1 heterocycles. The highest BCUT2D eigenvalue weighted by atomic mass is 15.3. The van der Waals surface area contributed by atoms with Crippen LogP contribution in [-0.4, -0.2) is 15.8 Å². The third-order valence-electron chi connectivity index (χ3n) is 3.34. The van der Waals surface area contributed by atoms with Gasteiger partial charge in [0.2, 0.25) is 0 Å². The summed E-state index contributed by atoms with van der Waals surface area (Å²) in [6.45, 7) is 6.53. The summed E-state index contributed by atoms with van der Waals surface area (Å²) < 4.78 is 2.00. The summed E-state index contributed by atoms with van der Waals surface area (Å²) in [6.07, 6.45) is 10.7. The van der Waals surface area contributed by atoms with Gasteiger partial charge in [0.1, 0.15) is 0 Å². The molecule has 0 radical (unpaired) electrons. The first kappa shape index (κ1) is 15.2. The molecule has 0 aliphatic heterocycles. The Labute approximate surface area is 112 Å². The van der Waals surface area contributed by atoms with Crippen molar-refractivity contribution in [2.45, 2.75) is 77.8 Å². The lowest BCUT2D eigenvalue weighted by Gasteiger charge is -2.10. The highest BCUT2D eigenvalue weighted by molar-refractivity contribution is 5.01. The van der Waals surface area contributed by atoms with Crippen LogP contribution in [0.15, 0.2) is 12.3 Å². The van der Waals surface area contributed by atoms with Crippen molar-refractivity contribution in [3.63, 3.8) is 0 Å². The van der Waals surface area contributed by atoms with Gasteiger partial charge in [-0.1, -0.05) is 39.0 Å². The minimum absolute atomic E-state index is 0.266. The molecule has 1 aromatic heterocycles. The number of unbranched alkanes of at least 4 members (excludes halogenated alkanes) is 4. The van der Waals surface area contributed by atoms with Crippen LogP contribution in [0, 0.1) is 0 Å². The molecule has 3 nitrogen and oxygen atoms in total. The maximum atomic E-state index is 6.16. The minimum atomic E-state index is 0.266. The molecule has 0 saturated heterocycles. The second-order valence-electron chi connectivity index (χ2n) is 5.55. The van der Waals surface area contributed by atoms with Gasteiger partial charge in [0, 0.05) is 24.7 Å². The Morgan fingerprint density at radius 1 is 1.22 bits per heavy atom. The Hall–Kier alpha value is -0.830. The van der Waals surface area contributed by atoms with Crippen LogP contribution in [0.3, 0.4) is 0 Å². The molecule has 1 rings (SSSR count). The summed E-state index contributed by atoms with van der Waals surface area (Å²) in [6, 6.07) is 2.79. The second kappa shape index (κ2) is 8.30. The van der Waals surface area contributed by atoms with Crippen molar-refractivity contribution >= 4 is 0 Å². The fraction of sp³-hybridized carbons (Fsp3) is 0.800. The molecule has 0 bridgehead atoms. The van der Waals surface area contributed by atoms with Crippen molar-refractivity contribution in [1.82, 2.24) is 9.78 Å². The minimum Gasteiger partial charge on any atom is -0.327 e. The van der Waals surface area contributed by atoms with Gasteiger partial charge in [-0.05, 0) is 26.3 Å². The van der Waals surface area contributed by atoms with E-state index in [1.54, 1.807) is 0 Å². The van der Waals surface area contributed by atoms with Gasteiger partial charge < -0.3 is 5.73 Å². The maximum absolute atomic E-state index is 6.16. The predicted octanol–water partition coefficient (Wildman–Crippen LogP) is 3.69. The number of rotatable bonds is 9. The summed E-state index contributed by atoms with van der Waals surface area (Å²) in [7, 11) is 0. The highest BCUT2D eigenvalue weighted by Crippen LogP contribution is 2.10. The molecule has 0 aliphatic carbocycles. The lowest BCUT2D eigenvalue weighted by atomic mass is 10.0. The van der Waals surface area contributed by atoms with E-state index in [9.17, 15) is 0 Å². The first-order valence-electron chi connectivity index (χ1n) is 7.43. The number of hydrogen-bond acceptors (Lipinski definition) is 2. The van der Waals surface area contributed by atoms with Gasteiger partial charge in [-0.15, -0.1) is 0 Å². The lowest BCUT2D eigenvalue weighted by molar-refractivity contribution is 0.508. The Morgan fingerprint density at radius 3 is 2.56 bits per heavy atom. The van der Waals surface area contributed by atoms with Gasteiger partial charge in [-0.25, -0.2) is 0 Å². The lowest BCUT2D eigenvalue weighted by Crippen LogP contribution is -2.23. The van der Waals surface area contributed by atoms with Crippen LogP contribution in [0.25, 0.3) is 0 Å². The molecule has 1 unspecified atom stereocenters. The maximum Gasteiger partial charge on any atom is 0.0640 e. The van der Waals surface area contributed by atoms with Gasteiger partial charge in [0.05, 0.1) is 5.69 Å². The predicted molar refractivity (Wildman–Crippen MR) is 77.7 cm³/mol.